The van der Waals surface area contributed by atoms with E-state index in [4.69, 9.17) is 4.74 Å². The van der Waals surface area contributed by atoms with Gasteiger partial charge in [0.1, 0.15) is 5.76 Å². The summed E-state index contributed by atoms with van der Waals surface area (Å²) >= 11 is 0. The van der Waals surface area contributed by atoms with Crippen molar-refractivity contribution >= 4 is 0 Å². The van der Waals surface area contributed by atoms with Crippen molar-refractivity contribution in [3.05, 3.63) is 12.3 Å². The highest BCUT2D eigenvalue weighted by Gasteiger charge is 2.04. The van der Waals surface area contributed by atoms with Crippen molar-refractivity contribution in [3.8, 4) is 0 Å². The summed E-state index contributed by atoms with van der Waals surface area (Å²) in [5, 5.41) is 3.37. The lowest BCUT2D eigenvalue weighted by molar-refractivity contribution is 0.118. The first-order valence-electron chi connectivity index (χ1n) is 9.25. The molecule has 0 amide bonds. The van der Waals surface area contributed by atoms with Crippen LogP contribution in [-0.2, 0) is 4.74 Å². The molecule has 2 nitrogen and oxygen atoms in total. The zero-order chi connectivity index (χ0) is 15.8. The fourth-order valence-corrected chi connectivity index (χ4v) is 2.48. The average molecular weight is 298 g/mol. The maximum absolute atomic E-state index is 5.83. The minimum atomic E-state index is 0.311. The highest BCUT2D eigenvalue weighted by molar-refractivity contribution is 4.86. The maximum atomic E-state index is 5.83. The predicted octanol–water partition coefficient (Wildman–Crippen LogP) is 5.83. The van der Waals surface area contributed by atoms with Crippen molar-refractivity contribution in [1.82, 2.24) is 5.32 Å². The Balaban J connectivity index is 3.32. The molecule has 0 aromatic heterocycles. The van der Waals surface area contributed by atoms with E-state index in [0.717, 1.165) is 25.3 Å². The molecule has 1 atom stereocenters. The lowest BCUT2D eigenvalue weighted by Crippen LogP contribution is -2.21. The van der Waals surface area contributed by atoms with Crippen molar-refractivity contribution in [2.75, 3.05) is 13.1 Å². The summed E-state index contributed by atoms with van der Waals surface area (Å²) in [6.07, 6.45) is 14.9. The average Bonchev–Trinajstić information content (AvgIpc) is 2.46. The van der Waals surface area contributed by atoms with Gasteiger partial charge in [0.05, 0.1) is 12.6 Å². The molecule has 2 heteroatoms. The van der Waals surface area contributed by atoms with Crippen LogP contribution in [0.25, 0.3) is 0 Å². The Bertz CT molecular complexity index is 228. The first-order valence-corrected chi connectivity index (χ1v) is 9.25. The Kier molecular flexibility index (Phi) is 15.5. The smallest absolute Gasteiger partial charge is 0.103 e. The molecule has 1 unspecified atom stereocenters. The molecule has 0 bridgehead atoms. The molecule has 0 aliphatic carbocycles. The molecule has 0 heterocycles. The van der Waals surface area contributed by atoms with Crippen molar-refractivity contribution in [2.45, 2.75) is 97.5 Å². The summed E-state index contributed by atoms with van der Waals surface area (Å²) in [5.74, 6) is 0.887. The van der Waals surface area contributed by atoms with Crippen LogP contribution in [0.1, 0.15) is 91.4 Å². The van der Waals surface area contributed by atoms with E-state index in [1.54, 1.807) is 0 Å². The molecule has 1 N–H and O–H groups in total. The Morgan fingerprint density at radius 2 is 1.48 bits per heavy atom. The molecule has 0 aliphatic heterocycles. The number of hydrogen-bond donors (Lipinski definition) is 1. The molecule has 0 saturated carbocycles. The Morgan fingerprint density at radius 1 is 0.905 bits per heavy atom. The second kappa shape index (κ2) is 15.9. The number of unbranched alkanes of at least 4 members (excludes halogenated alkanes) is 8. The van der Waals surface area contributed by atoms with Gasteiger partial charge < -0.3 is 10.1 Å². The maximum Gasteiger partial charge on any atom is 0.103 e. The van der Waals surface area contributed by atoms with E-state index in [2.05, 4.69) is 32.7 Å². The second-order valence-electron chi connectivity index (χ2n) is 6.26. The minimum absolute atomic E-state index is 0.311. The SMILES string of the molecule is C=C(CNCCCC)OC(C)CCCCCCCCCC. The van der Waals surface area contributed by atoms with Crippen LogP contribution < -0.4 is 5.32 Å². The van der Waals surface area contributed by atoms with Crippen molar-refractivity contribution in [1.29, 1.82) is 0 Å². The van der Waals surface area contributed by atoms with Crippen LogP contribution in [0.15, 0.2) is 12.3 Å². The standard InChI is InChI=1S/C19H39NO/c1-5-7-9-10-11-12-13-14-15-18(3)21-19(4)17-20-16-8-6-2/h18,20H,4-17H2,1-3H3. The molecule has 126 valence electrons. The molecule has 0 saturated heterocycles. The Morgan fingerprint density at radius 3 is 2.10 bits per heavy atom. The van der Waals surface area contributed by atoms with Crippen LogP contribution in [0.2, 0.25) is 0 Å². The van der Waals surface area contributed by atoms with E-state index in [0.29, 0.717) is 6.10 Å². The van der Waals surface area contributed by atoms with Gasteiger partial charge in [0.2, 0.25) is 0 Å². The zero-order valence-electron chi connectivity index (χ0n) is 14.9. The Hall–Kier alpha value is -0.500. The first-order chi connectivity index (χ1) is 10.2. The second-order valence-corrected chi connectivity index (χ2v) is 6.26. The summed E-state index contributed by atoms with van der Waals surface area (Å²) in [6, 6.07) is 0. The zero-order valence-corrected chi connectivity index (χ0v) is 14.9. The number of ether oxygens (including phenoxy) is 1. The highest BCUT2D eigenvalue weighted by Crippen LogP contribution is 2.12. The van der Waals surface area contributed by atoms with Gasteiger partial charge in [-0.05, 0) is 32.7 Å². The highest BCUT2D eigenvalue weighted by atomic mass is 16.5. The largest absolute Gasteiger partial charge is 0.494 e. The molecule has 0 aromatic carbocycles. The van der Waals surface area contributed by atoms with Crippen LogP contribution in [0.5, 0.6) is 0 Å². The predicted molar refractivity (Wildman–Crippen MR) is 94.7 cm³/mol. The lowest BCUT2D eigenvalue weighted by Gasteiger charge is -2.17. The summed E-state index contributed by atoms with van der Waals surface area (Å²) in [4.78, 5) is 0. The topological polar surface area (TPSA) is 21.3 Å². The van der Waals surface area contributed by atoms with Crippen LogP contribution >= 0.6 is 0 Å². The number of hydrogen-bond acceptors (Lipinski definition) is 2. The van der Waals surface area contributed by atoms with Gasteiger partial charge in [0, 0.05) is 0 Å². The van der Waals surface area contributed by atoms with Crippen LogP contribution in [0, 0.1) is 0 Å². The van der Waals surface area contributed by atoms with Crippen LogP contribution in [0.4, 0.5) is 0 Å². The monoisotopic (exact) mass is 297 g/mol. The van der Waals surface area contributed by atoms with Crippen molar-refractivity contribution in [2.24, 2.45) is 0 Å². The van der Waals surface area contributed by atoms with Gasteiger partial charge in [-0.15, -0.1) is 0 Å². The summed E-state index contributed by atoms with van der Waals surface area (Å²) in [5.41, 5.74) is 0. The van der Waals surface area contributed by atoms with Gasteiger partial charge in [0.15, 0.2) is 0 Å². The molecule has 0 fully saturated rings. The number of rotatable bonds is 16. The van der Waals surface area contributed by atoms with E-state index in [9.17, 15) is 0 Å². The molecule has 0 rings (SSSR count). The van der Waals surface area contributed by atoms with E-state index in [1.165, 1.54) is 64.2 Å². The van der Waals surface area contributed by atoms with E-state index >= 15 is 0 Å². The van der Waals surface area contributed by atoms with Crippen LogP contribution in [-0.4, -0.2) is 19.2 Å². The quantitative estimate of drug-likeness (QED) is 0.286. The van der Waals surface area contributed by atoms with Crippen LogP contribution in [0.3, 0.4) is 0 Å². The third-order valence-corrected chi connectivity index (χ3v) is 3.86. The van der Waals surface area contributed by atoms with E-state index < -0.39 is 0 Å². The molecule has 0 aromatic rings. The van der Waals surface area contributed by atoms with Gasteiger partial charge in [-0.2, -0.15) is 0 Å². The molecular formula is C19H39NO. The minimum Gasteiger partial charge on any atom is -0.494 e. The third kappa shape index (κ3) is 15.7. The number of nitrogens with one attached hydrogen (secondary N) is 1. The van der Waals surface area contributed by atoms with Crippen molar-refractivity contribution in [3.63, 3.8) is 0 Å². The normalized spacial score (nSPS) is 12.3. The van der Waals surface area contributed by atoms with E-state index in [-0.39, 0.29) is 0 Å². The van der Waals surface area contributed by atoms with Gasteiger partial charge in [-0.25, -0.2) is 0 Å². The summed E-state index contributed by atoms with van der Waals surface area (Å²) in [7, 11) is 0. The summed E-state index contributed by atoms with van der Waals surface area (Å²) < 4.78 is 5.83. The summed E-state index contributed by atoms with van der Waals surface area (Å²) in [6.45, 7) is 12.5. The van der Waals surface area contributed by atoms with E-state index in [1.807, 2.05) is 0 Å². The van der Waals surface area contributed by atoms with Gasteiger partial charge in [-0.3, -0.25) is 0 Å². The van der Waals surface area contributed by atoms with Gasteiger partial charge >= 0.3 is 0 Å². The lowest BCUT2D eigenvalue weighted by atomic mass is 10.1. The molecule has 0 radical (unpaired) electrons. The first kappa shape index (κ1) is 20.5. The third-order valence-electron chi connectivity index (χ3n) is 3.86. The van der Waals surface area contributed by atoms with Crippen molar-refractivity contribution < 1.29 is 4.74 Å². The Labute approximate surface area is 133 Å². The molecule has 0 spiro atoms. The fraction of sp³-hybridized carbons (Fsp3) is 0.895. The molecule has 21 heavy (non-hydrogen) atoms. The molecule has 0 aliphatic rings. The molecular weight excluding hydrogens is 258 g/mol. The van der Waals surface area contributed by atoms with Gasteiger partial charge in [0.25, 0.3) is 0 Å². The fourth-order valence-electron chi connectivity index (χ4n) is 2.48. The van der Waals surface area contributed by atoms with Gasteiger partial charge in [-0.1, -0.05) is 71.8 Å².